The minimum Gasteiger partial charge on any atom is -0.313 e. The number of benzene rings is 1. The SMILES string of the molecule is CNC(C)c1ccccc1-n1ccnc1C(C)C. The number of imidazole rings is 1. The highest BCUT2D eigenvalue weighted by molar-refractivity contribution is 5.44. The monoisotopic (exact) mass is 243 g/mol. The Hall–Kier alpha value is -1.61. The highest BCUT2D eigenvalue weighted by Crippen LogP contribution is 2.24. The summed E-state index contributed by atoms with van der Waals surface area (Å²) in [6, 6.07) is 8.80. The van der Waals surface area contributed by atoms with Gasteiger partial charge in [-0.3, -0.25) is 0 Å². The van der Waals surface area contributed by atoms with E-state index in [2.05, 4.69) is 59.9 Å². The van der Waals surface area contributed by atoms with Crippen LogP contribution in [0.5, 0.6) is 0 Å². The quantitative estimate of drug-likeness (QED) is 0.893. The van der Waals surface area contributed by atoms with Crippen molar-refractivity contribution in [3.05, 3.63) is 48.0 Å². The average Bonchev–Trinajstić information content (AvgIpc) is 2.87. The lowest BCUT2D eigenvalue weighted by atomic mass is 10.1. The summed E-state index contributed by atoms with van der Waals surface area (Å²) in [6.45, 7) is 6.51. The minimum atomic E-state index is 0.323. The van der Waals surface area contributed by atoms with Gasteiger partial charge in [0.1, 0.15) is 5.82 Å². The highest BCUT2D eigenvalue weighted by atomic mass is 15.1. The summed E-state index contributed by atoms with van der Waals surface area (Å²) in [5.41, 5.74) is 2.50. The van der Waals surface area contributed by atoms with Gasteiger partial charge in [-0.25, -0.2) is 4.98 Å². The van der Waals surface area contributed by atoms with E-state index in [1.54, 1.807) is 0 Å². The molecule has 2 aromatic rings. The maximum atomic E-state index is 4.46. The molecule has 18 heavy (non-hydrogen) atoms. The van der Waals surface area contributed by atoms with Gasteiger partial charge in [0.25, 0.3) is 0 Å². The topological polar surface area (TPSA) is 29.9 Å². The van der Waals surface area contributed by atoms with Gasteiger partial charge in [0, 0.05) is 24.4 Å². The second kappa shape index (κ2) is 5.36. The second-order valence-corrected chi connectivity index (χ2v) is 4.88. The van der Waals surface area contributed by atoms with E-state index in [1.807, 2.05) is 19.4 Å². The molecule has 2 rings (SSSR count). The molecule has 0 aliphatic rings. The number of nitrogens with zero attached hydrogens (tertiary/aromatic N) is 2. The van der Waals surface area contributed by atoms with Crippen molar-refractivity contribution in [3.63, 3.8) is 0 Å². The Balaban J connectivity index is 2.53. The van der Waals surface area contributed by atoms with Crippen LogP contribution in [0.25, 0.3) is 5.69 Å². The molecule has 1 aromatic carbocycles. The largest absolute Gasteiger partial charge is 0.313 e. The number of aromatic nitrogens is 2. The number of nitrogens with one attached hydrogen (secondary N) is 1. The van der Waals surface area contributed by atoms with E-state index in [1.165, 1.54) is 11.3 Å². The molecule has 1 unspecified atom stereocenters. The zero-order valence-electron chi connectivity index (χ0n) is 11.5. The first-order valence-electron chi connectivity index (χ1n) is 6.45. The maximum absolute atomic E-state index is 4.46. The summed E-state index contributed by atoms with van der Waals surface area (Å²) in [5.74, 6) is 1.52. The third-order valence-corrected chi connectivity index (χ3v) is 3.28. The fourth-order valence-corrected chi connectivity index (χ4v) is 2.17. The predicted octanol–water partition coefficient (Wildman–Crippen LogP) is 3.28. The van der Waals surface area contributed by atoms with Crippen molar-refractivity contribution in [2.24, 2.45) is 0 Å². The Kier molecular flexibility index (Phi) is 3.82. The Morgan fingerprint density at radius 3 is 2.56 bits per heavy atom. The first-order valence-corrected chi connectivity index (χ1v) is 6.45. The molecule has 0 spiro atoms. The number of para-hydroxylation sites is 1. The van der Waals surface area contributed by atoms with Crippen LogP contribution >= 0.6 is 0 Å². The summed E-state index contributed by atoms with van der Waals surface area (Å²) >= 11 is 0. The van der Waals surface area contributed by atoms with Crippen molar-refractivity contribution >= 4 is 0 Å². The summed E-state index contributed by atoms with van der Waals surface area (Å²) in [6.07, 6.45) is 3.91. The molecule has 0 aliphatic carbocycles. The van der Waals surface area contributed by atoms with Crippen molar-refractivity contribution in [1.29, 1.82) is 0 Å². The summed E-state index contributed by atoms with van der Waals surface area (Å²) in [7, 11) is 1.98. The molecule has 1 N–H and O–H groups in total. The van der Waals surface area contributed by atoms with Crippen molar-refractivity contribution in [3.8, 4) is 5.69 Å². The average molecular weight is 243 g/mol. The standard InChI is InChI=1S/C15H21N3/c1-11(2)15-17-9-10-18(15)14-8-6-5-7-13(14)12(3)16-4/h5-12,16H,1-4H3. The molecule has 0 radical (unpaired) electrons. The maximum Gasteiger partial charge on any atom is 0.115 e. The van der Waals surface area contributed by atoms with E-state index in [4.69, 9.17) is 0 Å². The van der Waals surface area contributed by atoms with Gasteiger partial charge in [0.05, 0.1) is 5.69 Å². The zero-order valence-corrected chi connectivity index (χ0v) is 11.5. The van der Waals surface area contributed by atoms with E-state index in [9.17, 15) is 0 Å². The van der Waals surface area contributed by atoms with Gasteiger partial charge >= 0.3 is 0 Å². The molecule has 3 nitrogen and oxygen atoms in total. The van der Waals surface area contributed by atoms with Crippen molar-refractivity contribution in [2.75, 3.05) is 7.05 Å². The van der Waals surface area contributed by atoms with Gasteiger partial charge in [0.15, 0.2) is 0 Å². The Morgan fingerprint density at radius 2 is 1.89 bits per heavy atom. The van der Waals surface area contributed by atoms with E-state index in [0.29, 0.717) is 12.0 Å². The summed E-state index contributed by atoms with van der Waals surface area (Å²) < 4.78 is 2.19. The molecular formula is C15H21N3. The molecule has 0 fully saturated rings. The molecule has 0 bridgehead atoms. The fourth-order valence-electron chi connectivity index (χ4n) is 2.17. The lowest BCUT2D eigenvalue weighted by Gasteiger charge is -2.18. The van der Waals surface area contributed by atoms with E-state index in [-0.39, 0.29) is 0 Å². The Morgan fingerprint density at radius 1 is 1.17 bits per heavy atom. The molecule has 0 saturated heterocycles. The first kappa shape index (κ1) is 12.8. The molecule has 96 valence electrons. The van der Waals surface area contributed by atoms with Crippen molar-refractivity contribution < 1.29 is 0 Å². The molecule has 3 heteroatoms. The van der Waals surface area contributed by atoms with Crippen molar-refractivity contribution in [1.82, 2.24) is 14.9 Å². The Bertz CT molecular complexity index is 514. The fraction of sp³-hybridized carbons (Fsp3) is 0.400. The molecular weight excluding hydrogens is 222 g/mol. The van der Waals surface area contributed by atoms with Crippen LogP contribution in [-0.4, -0.2) is 16.6 Å². The van der Waals surface area contributed by atoms with Crippen LogP contribution in [0.2, 0.25) is 0 Å². The lowest BCUT2D eigenvalue weighted by Crippen LogP contribution is -2.15. The van der Waals surface area contributed by atoms with E-state index in [0.717, 1.165) is 5.82 Å². The van der Waals surface area contributed by atoms with Gasteiger partial charge in [-0.05, 0) is 25.6 Å². The van der Waals surface area contributed by atoms with E-state index < -0.39 is 0 Å². The normalized spacial score (nSPS) is 12.9. The third-order valence-electron chi connectivity index (χ3n) is 3.28. The van der Waals surface area contributed by atoms with Gasteiger partial charge in [0.2, 0.25) is 0 Å². The molecule has 0 aliphatic heterocycles. The molecule has 0 saturated carbocycles. The van der Waals surface area contributed by atoms with Crippen LogP contribution in [-0.2, 0) is 0 Å². The van der Waals surface area contributed by atoms with Crippen LogP contribution in [0.3, 0.4) is 0 Å². The van der Waals surface area contributed by atoms with Gasteiger partial charge in [-0.15, -0.1) is 0 Å². The van der Waals surface area contributed by atoms with Gasteiger partial charge in [-0.1, -0.05) is 32.0 Å². The van der Waals surface area contributed by atoms with Crippen molar-refractivity contribution in [2.45, 2.75) is 32.7 Å². The number of rotatable bonds is 4. The predicted molar refractivity (Wildman–Crippen MR) is 75.1 cm³/mol. The minimum absolute atomic E-state index is 0.323. The molecule has 1 heterocycles. The molecule has 0 amide bonds. The third kappa shape index (κ3) is 2.31. The number of hydrogen-bond acceptors (Lipinski definition) is 2. The van der Waals surface area contributed by atoms with Crippen LogP contribution in [0, 0.1) is 0 Å². The van der Waals surface area contributed by atoms with Gasteiger partial charge in [-0.2, -0.15) is 0 Å². The first-order chi connectivity index (χ1) is 8.65. The smallest absolute Gasteiger partial charge is 0.115 e. The molecule has 1 atom stereocenters. The molecule has 1 aromatic heterocycles. The Labute approximate surface area is 109 Å². The van der Waals surface area contributed by atoms with E-state index >= 15 is 0 Å². The lowest BCUT2D eigenvalue weighted by molar-refractivity contribution is 0.644. The second-order valence-electron chi connectivity index (χ2n) is 4.88. The highest BCUT2D eigenvalue weighted by Gasteiger charge is 2.14. The van der Waals surface area contributed by atoms with Crippen LogP contribution in [0.1, 0.15) is 44.1 Å². The van der Waals surface area contributed by atoms with Crippen LogP contribution in [0.4, 0.5) is 0 Å². The van der Waals surface area contributed by atoms with Gasteiger partial charge < -0.3 is 9.88 Å². The zero-order chi connectivity index (χ0) is 13.1. The van der Waals surface area contributed by atoms with Crippen LogP contribution in [0.15, 0.2) is 36.7 Å². The van der Waals surface area contributed by atoms with Crippen LogP contribution < -0.4 is 5.32 Å². The summed E-state index contributed by atoms with van der Waals surface area (Å²) in [4.78, 5) is 4.46. The number of hydrogen-bond donors (Lipinski definition) is 1. The summed E-state index contributed by atoms with van der Waals surface area (Å²) in [5, 5.41) is 3.30.